The Balaban J connectivity index is 2.25. The molecular weight excluding hydrogens is 262 g/mol. The van der Waals surface area contributed by atoms with Crippen molar-refractivity contribution in [2.45, 2.75) is 6.92 Å². The molecule has 94 valence electrons. The number of ketones is 1. The van der Waals surface area contributed by atoms with Crippen molar-refractivity contribution in [1.29, 1.82) is 0 Å². The lowest BCUT2D eigenvalue weighted by Crippen LogP contribution is -2.16. The lowest BCUT2D eigenvalue weighted by molar-refractivity contribution is -0.355. The fourth-order valence-electron chi connectivity index (χ4n) is 2.28. The minimum atomic E-state index is -0.280. The molecule has 0 aromatic heterocycles. The van der Waals surface area contributed by atoms with Crippen LogP contribution in [0.1, 0.15) is 21.5 Å². The van der Waals surface area contributed by atoms with Crippen molar-refractivity contribution in [2.75, 3.05) is 0 Å². The van der Waals surface area contributed by atoms with Crippen molar-refractivity contribution >= 4 is 28.8 Å². The van der Waals surface area contributed by atoms with Crippen molar-refractivity contribution in [3.05, 3.63) is 69.4 Å². The van der Waals surface area contributed by atoms with E-state index in [-0.39, 0.29) is 17.2 Å². The van der Waals surface area contributed by atoms with Gasteiger partial charge in [0.1, 0.15) is 10.6 Å². The van der Waals surface area contributed by atoms with Gasteiger partial charge in [-0.3, -0.25) is 4.79 Å². The molecule has 0 N–H and O–H groups in total. The zero-order valence-electron chi connectivity index (χ0n) is 10.2. The first kappa shape index (κ1) is 11.9. The highest BCUT2D eigenvalue weighted by Crippen LogP contribution is 2.34. The average Bonchev–Trinajstić information content (AvgIpc) is 2.63. The van der Waals surface area contributed by atoms with Crippen LogP contribution in [-0.2, 0) is 0 Å². The van der Waals surface area contributed by atoms with Crippen molar-refractivity contribution < 1.29 is 9.53 Å². The first-order valence-corrected chi connectivity index (χ1v) is 6.22. The number of hydrogen-bond acceptors (Lipinski definition) is 2. The summed E-state index contributed by atoms with van der Waals surface area (Å²) < 4.78 is 0.634. The molecule has 0 fully saturated rings. The summed E-state index contributed by atoms with van der Waals surface area (Å²) >= 11 is 6.01. The second kappa shape index (κ2) is 4.21. The van der Waals surface area contributed by atoms with Crippen LogP contribution >= 0.6 is 11.6 Å². The third kappa shape index (κ3) is 1.74. The van der Waals surface area contributed by atoms with E-state index >= 15 is 0 Å². The lowest BCUT2D eigenvalue weighted by Gasteiger charge is -2.03. The number of para-hydroxylation sites is 1. The van der Waals surface area contributed by atoms with Gasteiger partial charge in [0.25, 0.3) is 11.5 Å². The Hall–Kier alpha value is -2.13. The number of carbonyl (C=O) groups is 1. The first-order valence-electron chi connectivity index (χ1n) is 5.84. The molecule has 4 heteroatoms. The van der Waals surface area contributed by atoms with Crippen LogP contribution < -0.4 is 0 Å². The summed E-state index contributed by atoms with van der Waals surface area (Å²) in [5.41, 5.74) is 2.34. The van der Waals surface area contributed by atoms with Gasteiger partial charge in [-0.25, -0.2) is 0 Å². The van der Waals surface area contributed by atoms with Crippen LogP contribution in [0, 0.1) is 12.1 Å². The average molecular weight is 272 g/mol. The van der Waals surface area contributed by atoms with Gasteiger partial charge in [0.15, 0.2) is 0 Å². The molecule has 0 aliphatic carbocycles. The predicted octanol–water partition coefficient (Wildman–Crippen LogP) is 3.48. The smallest absolute Gasteiger partial charge is 0.273 e. The summed E-state index contributed by atoms with van der Waals surface area (Å²) in [7, 11) is 0. The summed E-state index contributed by atoms with van der Waals surface area (Å²) in [4.78, 5) is 12.3. The minimum absolute atomic E-state index is 0.131. The van der Waals surface area contributed by atoms with Crippen LogP contribution in [0.5, 0.6) is 0 Å². The van der Waals surface area contributed by atoms with Crippen LogP contribution in [0.15, 0.2) is 42.5 Å². The zero-order valence-corrected chi connectivity index (χ0v) is 10.9. The Morgan fingerprint density at radius 1 is 1.16 bits per heavy atom. The van der Waals surface area contributed by atoms with Gasteiger partial charge in [0, 0.05) is 0 Å². The highest BCUT2D eigenvalue weighted by Gasteiger charge is 2.38. The molecule has 1 heterocycles. The fourth-order valence-corrected chi connectivity index (χ4v) is 2.53. The van der Waals surface area contributed by atoms with E-state index < -0.39 is 0 Å². The van der Waals surface area contributed by atoms with E-state index in [0.29, 0.717) is 20.9 Å². The van der Waals surface area contributed by atoms with E-state index in [2.05, 4.69) is 0 Å². The highest BCUT2D eigenvalue weighted by molar-refractivity contribution is 6.53. The van der Waals surface area contributed by atoms with Gasteiger partial charge in [-0.05, 0) is 31.2 Å². The normalized spacial score (nSPS) is 13.9. The Morgan fingerprint density at radius 2 is 1.89 bits per heavy atom. The van der Waals surface area contributed by atoms with Gasteiger partial charge in [-0.2, -0.15) is 4.74 Å². The van der Waals surface area contributed by atoms with Crippen LogP contribution in [-0.4, -0.2) is 16.2 Å². The third-order valence-corrected chi connectivity index (χ3v) is 3.45. The van der Waals surface area contributed by atoms with E-state index in [4.69, 9.17) is 11.6 Å². The molecule has 19 heavy (non-hydrogen) atoms. The topological polar surface area (TPSA) is 43.1 Å². The van der Waals surface area contributed by atoms with Gasteiger partial charge < -0.3 is 5.21 Å². The quantitative estimate of drug-likeness (QED) is 0.589. The molecule has 0 saturated heterocycles. The van der Waals surface area contributed by atoms with Gasteiger partial charge in [-0.1, -0.05) is 35.4 Å². The van der Waals surface area contributed by atoms with Crippen molar-refractivity contribution in [3.8, 4) is 0 Å². The molecule has 0 spiro atoms. The van der Waals surface area contributed by atoms with Gasteiger partial charge in [-0.15, -0.1) is 0 Å². The molecule has 3 nitrogen and oxygen atoms in total. The zero-order chi connectivity index (χ0) is 13.6. The first-order chi connectivity index (χ1) is 9.09. The maximum absolute atomic E-state index is 12.3. The maximum Gasteiger partial charge on any atom is 0.273 e. The van der Waals surface area contributed by atoms with Crippen molar-refractivity contribution in [3.63, 3.8) is 0 Å². The third-order valence-electron chi connectivity index (χ3n) is 3.14. The molecule has 1 aliphatic rings. The Kier molecular flexibility index (Phi) is 2.64. The van der Waals surface area contributed by atoms with Crippen LogP contribution in [0.2, 0.25) is 5.02 Å². The Labute approximate surface area is 115 Å². The number of nitrogens with zero attached hydrogens (tertiary/aromatic N) is 1. The largest absolute Gasteiger partial charge is 0.618 e. The highest BCUT2D eigenvalue weighted by atomic mass is 35.5. The molecule has 1 aliphatic heterocycles. The number of hydrogen-bond donors (Lipinski definition) is 0. The predicted molar refractivity (Wildman–Crippen MR) is 74.4 cm³/mol. The SMILES string of the molecule is Cc1cccc(C2=[N+]([O-])c3c(Cl)cccc3C2=O)c1. The molecule has 0 unspecified atom stereocenters. The molecule has 3 rings (SSSR count). The van der Waals surface area contributed by atoms with E-state index in [1.54, 1.807) is 24.3 Å². The van der Waals surface area contributed by atoms with Crippen molar-refractivity contribution in [1.82, 2.24) is 0 Å². The van der Waals surface area contributed by atoms with Gasteiger partial charge >= 0.3 is 0 Å². The second-order valence-corrected chi connectivity index (χ2v) is 4.88. The number of benzene rings is 2. The van der Waals surface area contributed by atoms with E-state index in [9.17, 15) is 10.0 Å². The number of rotatable bonds is 1. The minimum Gasteiger partial charge on any atom is -0.618 e. The Morgan fingerprint density at radius 3 is 2.58 bits per heavy atom. The molecular formula is C15H10ClNO2. The number of Topliss-reactive ketones (excluding diaryl/α,β-unsaturated/α-hetero) is 1. The monoisotopic (exact) mass is 271 g/mol. The number of halogens is 1. The standard InChI is InChI=1S/C15H10ClNO2/c1-9-4-2-5-10(8-9)13-15(18)11-6-3-7-12(16)14(11)17(13)19/h2-8H,1H3. The van der Waals surface area contributed by atoms with Crippen molar-refractivity contribution in [2.24, 2.45) is 0 Å². The molecule has 2 aromatic rings. The Bertz CT molecular complexity index is 735. The molecule has 0 amide bonds. The fraction of sp³-hybridized carbons (Fsp3) is 0.0667. The van der Waals surface area contributed by atoms with E-state index in [1.807, 2.05) is 25.1 Å². The van der Waals surface area contributed by atoms with E-state index in [1.165, 1.54) is 0 Å². The molecule has 0 radical (unpaired) electrons. The summed E-state index contributed by atoms with van der Waals surface area (Å²) in [6.07, 6.45) is 0. The molecule has 2 aromatic carbocycles. The maximum atomic E-state index is 12.3. The van der Waals surface area contributed by atoms with Crippen LogP contribution in [0.4, 0.5) is 5.69 Å². The van der Waals surface area contributed by atoms with Crippen LogP contribution in [0.25, 0.3) is 0 Å². The molecule has 0 bridgehead atoms. The number of aryl methyl sites for hydroxylation is 1. The lowest BCUT2D eigenvalue weighted by atomic mass is 10.0. The summed E-state index contributed by atoms with van der Waals surface area (Å²) in [5, 5.41) is 12.6. The van der Waals surface area contributed by atoms with Gasteiger partial charge in [0.2, 0.25) is 5.69 Å². The summed E-state index contributed by atoms with van der Waals surface area (Å²) in [5.74, 6) is -0.280. The van der Waals surface area contributed by atoms with Gasteiger partial charge in [0.05, 0.1) is 5.56 Å². The summed E-state index contributed by atoms with van der Waals surface area (Å²) in [6, 6.07) is 12.2. The summed E-state index contributed by atoms with van der Waals surface area (Å²) in [6.45, 7) is 1.92. The molecule has 0 atom stereocenters. The second-order valence-electron chi connectivity index (χ2n) is 4.48. The number of carbonyl (C=O) groups excluding carboxylic acids is 1. The van der Waals surface area contributed by atoms with Crippen LogP contribution in [0.3, 0.4) is 0 Å². The number of fused-ring (bicyclic) bond motifs is 1. The molecule has 0 saturated carbocycles. The van der Waals surface area contributed by atoms with E-state index in [0.717, 1.165) is 5.56 Å².